The summed E-state index contributed by atoms with van der Waals surface area (Å²) in [5.74, 6) is -0.416. The molecular weight excluding hydrogens is 387 g/mol. The zero-order valence-electron chi connectivity index (χ0n) is 16.2. The second-order valence-corrected chi connectivity index (χ2v) is 8.02. The average molecular weight is 411 g/mol. The van der Waals surface area contributed by atoms with Crippen LogP contribution in [0.15, 0.2) is 60.1 Å². The highest BCUT2D eigenvalue weighted by Gasteiger charge is 2.25. The van der Waals surface area contributed by atoms with Gasteiger partial charge in [-0.15, -0.1) is 0 Å². The Bertz CT molecular complexity index is 980. The number of imidazole rings is 1. The molecule has 1 aliphatic carbocycles. The van der Waals surface area contributed by atoms with Crippen molar-refractivity contribution in [1.82, 2.24) is 19.9 Å². The maximum absolute atomic E-state index is 13.4. The predicted octanol–water partition coefficient (Wildman–Crippen LogP) is 4.72. The third-order valence-corrected chi connectivity index (χ3v) is 6.07. The zero-order valence-corrected chi connectivity index (χ0v) is 17.0. The summed E-state index contributed by atoms with van der Waals surface area (Å²) in [4.78, 5) is 21.3. The van der Waals surface area contributed by atoms with E-state index < -0.39 is 0 Å². The van der Waals surface area contributed by atoms with Crippen LogP contribution in [0.2, 0.25) is 0 Å². The molecule has 1 aliphatic rings. The topological polar surface area (TPSA) is 59.8 Å². The predicted molar refractivity (Wildman–Crippen MR) is 112 cm³/mol. The fourth-order valence-electron chi connectivity index (χ4n) is 3.85. The van der Waals surface area contributed by atoms with Crippen LogP contribution in [0.5, 0.6) is 0 Å². The molecule has 3 aromatic rings. The molecule has 2 aromatic heterocycles. The number of benzene rings is 1. The van der Waals surface area contributed by atoms with Gasteiger partial charge in [-0.25, -0.2) is 9.37 Å². The second-order valence-electron chi connectivity index (χ2n) is 7.24. The lowest BCUT2D eigenvalue weighted by molar-refractivity contribution is 0.0921. The van der Waals surface area contributed by atoms with Crippen molar-refractivity contribution in [1.29, 1.82) is 0 Å². The minimum atomic E-state index is -0.304. The van der Waals surface area contributed by atoms with Crippen molar-refractivity contribution < 1.29 is 9.18 Å². The molecule has 7 heteroatoms. The molecule has 150 valence electrons. The molecule has 2 heterocycles. The molecule has 0 radical (unpaired) electrons. The Morgan fingerprint density at radius 3 is 2.69 bits per heavy atom. The van der Waals surface area contributed by atoms with Crippen molar-refractivity contribution >= 4 is 17.7 Å². The second kappa shape index (κ2) is 8.78. The van der Waals surface area contributed by atoms with Gasteiger partial charge in [0.1, 0.15) is 5.82 Å². The van der Waals surface area contributed by atoms with Gasteiger partial charge in [0.25, 0.3) is 5.91 Å². The highest BCUT2D eigenvalue weighted by Crippen LogP contribution is 2.31. The number of pyridine rings is 1. The van der Waals surface area contributed by atoms with Gasteiger partial charge in [0, 0.05) is 36.2 Å². The summed E-state index contributed by atoms with van der Waals surface area (Å²) in [5.41, 5.74) is 1.86. The van der Waals surface area contributed by atoms with Gasteiger partial charge in [0.05, 0.1) is 11.3 Å². The van der Waals surface area contributed by atoms with E-state index in [1.807, 2.05) is 18.6 Å². The Labute approximate surface area is 173 Å². The van der Waals surface area contributed by atoms with E-state index in [4.69, 9.17) is 0 Å². The molecule has 1 fully saturated rings. The summed E-state index contributed by atoms with van der Waals surface area (Å²) in [6.45, 7) is 0. The molecule has 1 amide bonds. The third kappa shape index (κ3) is 4.50. The first-order valence-corrected chi connectivity index (χ1v) is 11.0. The Balaban J connectivity index is 1.34. The molecule has 0 saturated heterocycles. The summed E-state index contributed by atoms with van der Waals surface area (Å²) >= 11 is 1.66. The highest BCUT2D eigenvalue weighted by molar-refractivity contribution is 7.98. The van der Waals surface area contributed by atoms with Gasteiger partial charge in [-0.3, -0.25) is 9.78 Å². The Morgan fingerprint density at radius 1 is 1.17 bits per heavy atom. The molecule has 1 saturated carbocycles. The van der Waals surface area contributed by atoms with Gasteiger partial charge in [0.2, 0.25) is 0 Å². The summed E-state index contributed by atoms with van der Waals surface area (Å²) in [6, 6.07) is 10.4. The van der Waals surface area contributed by atoms with E-state index in [1.54, 1.807) is 42.2 Å². The fourth-order valence-corrected chi connectivity index (χ4v) is 4.44. The van der Waals surface area contributed by atoms with E-state index in [2.05, 4.69) is 19.9 Å². The van der Waals surface area contributed by atoms with E-state index in [0.717, 1.165) is 30.8 Å². The molecule has 1 N–H and O–H groups in total. The number of thioether (sulfide) groups is 1. The first-order valence-electron chi connectivity index (χ1n) is 9.73. The molecule has 0 spiro atoms. The van der Waals surface area contributed by atoms with Gasteiger partial charge in [-0.2, -0.15) is 0 Å². The van der Waals surface area contributed by atoms with Crippen LogP contribution in [-0.2, 0) is 0 Å². The summed E-state index contributed by atoms with van der Waals surface area (Å²) < 4.78 is 15.6. The first-order chi connectivity index (χ1) is 14.1. The van der Waals surface area contributed by atoms with Gasteiger partial charge >= 0.3 is 0 Å². The number of aromatic nitrogens is 3. The lowest BCUT2D eigenvalue weighted by atomic mass is 9.91. The number of amides is 1. The standard InChI is InChI=1S/C22H23FN4OS/c1-29-22-24-11-12-27(22)19-8-6-18(7-9-19)26-21(28)16-5-10-20(25-14-16)15-3-2-4-17(23)13-15/h2-5,10-14,18-19H,6-9H2,1H3,(H,26,28). The number of nitrogens with one attached hydrogen (secondary N) is 1. The molecule has 0 atom stereocenters. The van der Waals surface area contributed by atoms with Gasteiger partial charge in [-0.1, -0.05) is 23.9 Å². The Morgan fingerprint density at radius 2 is 2.00 bits per heavy atom. The third-order valence-electron chi connectivity index (χ3n) is 5.39. The Kier molecular flexibility index (Phi) is 5.94. The van der Waals surface area contributed by atoms with Crippen LogP contribution < -0.4 is 5.32 Å². The first kappa shape index (κ1) is 19.6. The SMILES string of the molecule is CSc1nccn1C1CCC(NC(=O)c2ccc(-c3cccc(F)c3)nc2)CC1. The van der Waals surface area contributed by atoms with Crippen LogP contribution in [0, 0.1) is 5.82 Å². The molecular formula is C22H23FN4OS. The monoisotopic (exact) mass is 410 g/mol. The number of carbonyl (C=O) groups excluding carboxylic acids is 1. The van der Waals surface area contributed by atoms with Crippen LogP contribution in [0.4, 0.5) is 4.39 Å². The molecule has 0 bridgehead atoms. The maximum atomic E-state index is 13.4. The largest absolute Gasteiger partial charge is 0.349 e. The number of nitrogens with zero attached hydrogens (tertiary/aromatic N) is 3. The minimum Gasteiger partial charge on any atom is -0.349 e. The van der Waals surface area contributed by atoms with Crippen molar-refractivity contribution in [3.05, 3.63) is 66.4 Å². The van der Waals surface area contributed by atoms with Crippen LogP contribution in [-0.4, -0.2) is 32.7 Å². The lowest BCUT2D eigenvalue weighted by Crippen LogP contribution is -2.38. The van der Waals surface area contributed by atoms with Crippen LogP contribution in [0.25, 0.3) is 11.3 Å². The molecule has 0 unspecified atom stereocenters. The van der Waals surface area contributed by atoms with Crippen LogP contribution in [0.1, 0.15) is 42.1 Å². The maximum Gasteiger partial charge on any atom is 0.253 e. The van der Waals surface area contributed by atoms with Crippen molar-refractivity contribution in [2.24, 2.45) is 0 Å². The smallest absolute Gasteiger partial charge is 0.253 e. The van der Waals surface area contributed by atoms with Crippen molar-refractivity contribution in [2.45, 2.75) is 42.9 Å². The number of carbonyl (C=O) groups is 1. The lowest BCUT2D eigenvalue weighted by Gasteiger charge is -2.30. The molecule has 5 nitrogen and oxygen atoms in total. The van der Waals surface area contributed by atoms with Gasteiger partial charge < -0.3 is 9.88 Å². The normalized spacial score (nSPS) is 19.1. The van der Waals surface area contributed by atoms with Gasteiger partial charge in [-0.05, 0) is 56.2 Å². The van der Waals surface area contributed by atoms with Crippen LogP contribution >= 0.6 is 11.8 Å². The molecule has 29 heavy (non-hydrogen) atoms. The van der Waals surface area contributed by atoms with Gasteiger partial charge in [0.15, 0.2) is 5.16 Å². The molecule has 4 rings (SSSR count). The zero-order chi connectivity index (χ0) is 20.2. The average Bonchev–Trinajstić information content (AvgIpc) is 3.23. The van der Waals surface area contributed by atoms with Crippen molar-refractivity contribution in [3.8, 4) is 11.3 Å². The number of halogens is 1. The minimum absolute atomic E-state index is 0.112. The van der Waals surface area contributed by atoms with Crippen molar-refractivity contribution in [2.75, 3.05) is 6.26 Å². The molecule has 1 aromatic carbocycles. The van der Waals surface area contributed by atoms with Crippen LogP contribution in [0.3, 0.4) is 0 Å². The summed E-state index contributed by atoms with van der Waals surface area (Å²) in [7, 11) is 0. The van der Waals surface area contributed by atoms with E-state index in [-0.39, 0.29) is 17.8 Å². The Hall–Kier alpha value is -2.67. The van der Waals surface area contributed by atoms with E-state index in [9.17, 15) is 9.18 Å². The van der Waals surface area contributed by atoms with Crippen molar-refractivity contribution in [3.63, 3.8) is 0 Å². The molecule has 0 aliphatic heterocycles. The number of hydrogen-bond acceptors (Lipinski definition) is 4. The fraction of sp³-hybridized carbons (Fsp3) is 0.318. The summed E-state index contributed by atoms with van der Waals surface area (Å²) in [5, 5.41) is 4.17. The summed E-state index contributed by atoms with van der Waals surface area (Å²) in [6.07, 6.45) is 11.4. The quantitative estimate of drug-likeness (QED) is 0.619. The number of hydrogen-bond donors (Lipinski definition) is 1. The number of rotatable bonds is 5. The van der Waals surface area contributed by atoms with E-state index in [1.165, 1.54) is 12.1 Å². The van der Waals surface area contributed by atoms with E-state index >= 15 is 0 Å². The van der Waals surface area contributed by atoms with E-state index in [0.29, 0.717) is 22.9 Å². The highest BCUT2D eigenvalue weighted by atomic mass is 32.2.